The van der Waals surface area contributed by atoms with Crippen molar-refractivity contribution in [1.82, 2.24) is 14.8 Å². The zero-order valence-electron chi connectivity index (χ0n) is 12.4. The first-order chi connectivity index (χ1) is 10.1. The van der Waals surface area contributed by atoms with Gasteiger partial charge in [-0.15, -0.1) is 0 Å². The SMILES string of the molecule is CC(=O)N1CCC2(CC1)CCN(C(=O)c1ccccn1)C2. The molecule has 0 atom stereocenters. The zero-order valence-corrected chi connectivity index (χ0v) is 12.4. The van der Waals surface area contributed by atoms with Crippen molar-refractivity contribution in [3.8, 4) is 0 Å². The quantitative estimate of drug-likeness (QED) is 0.787. The molecule has 2 aliphatic heterocycles. The molecule has 0 bridgehead atoms. The smallest absolute Gasteiger partial charge is 0.272 e. The maximum absolute atomic E-state index is 12.4. The summed E-state index contributed by atoms with van der Waals surface area (Å²) in [6, 6.07) is 5.43. The van der Waals surface area contributed by atoms with Gasteiger partial charge >= 0.3 is 0 Å². The van der Waals surface area contributed by atoms with Crippen LogP contribution in [0.2, 0.25) is 0 Å². The summed E-state index contributed by atoms with van der Waals surface area (Å²) in [4.78, 5) is 31.8. The minimum atomic E-state index is 0.0291. The van der Waals surface area contributed by atoms with E-state index in [1.807, 2.05) is 21.9 Å². The van der Waals surface area contributed by atoms with E-state index in [9.17, 15) is 9.59 Å². The molecule has 0 saturated carbocycles. The molecule has 3 rings (SSSR count). The number of nitrogens with zero attached hydrogens (tertiary/aromatic N) is 3. The van der Waals surface area contributed by atoms with Crippen molar-refractivity contribution in [2.45, 2.75) is 26.2 Å². The van der Waals surface area contributed by atoms with Crippen LogP contribution in [0.25, 0.3) is 0 Å². The van der Waals surface area contributed by atoms with Gasteiger partial charge in [-0.25, -0.2) is 0 Å². The molecule has 1 spiro atoms. The van der Waals surface area contributed by atoms with Crippen LogP contribution < -0.4 is 0 Å². The van der Waals surface area contributed by atoms with Crippen LogP contribution >= 0.6 is 0 Å². The van der Waals surface area contributed by atoms with Crippen LogP contribution in [0.1, 0.15) is 36.7 Å². The van der Waals surface area contributed by atoms with Gasteiger partial charge in [-0.05, 0) is 36.8 Å². The molecule has 21 heavy (non-hydrogen) atoms. The van der Waals surface area contributed by atoms with Crippen LogP contribution in [0.4, 0.5) is 0 Å². The number of carbonyl (C=O) groups is 2. The van der Waals surface area contributed by atoms with E-state index in [1.54, 1.807) is 19.2 Å². The number of aromatic nitrogens is 1. The second kappa shape index (κ2) is 5.47. The molecule has 0 unspecified atom stereocenters. The number of likely N-dealkylation sites (tertiary alicyclic amines) is 2. The normalized spacial score (nSPS) is 20.8. The Hall–Kier alpha value is -1.91. The second-order valence-corrected chi connectivity index (χ2v) is 6.20. The van der Waals surface area contributed by atoms with Crippen molar-refractivity contribution in [2.75, 3.05) is 26.2 Å². The van der Waals surface area contributed by atoms with Crippen molar-refractivity contribution >= 4 is 11.8 Å². The first kappa shape index (κ1) is 14.0. The van der Waals surface area contributed by atoms with Gasteiger partial charge < -0.3 is 9.80 Å². The fraction of sp³-hybridized carbons (Fsp3) is 0.562. The summed E-state index contributed by atoms with van der Waals surface area (Å²) < 4.78 is 0. The molecule has 0 aliphatic carbocycles. The first-order valence-corrected chi connectivity index (χ1v) is 7.56. The van der Waals surface area contributed by atoms with Gasteiger partial charge in [-0.2, -0.15) is 0 Å². The third-order valence-corrected chi connectivity index (χ3v) is 4.88. The van der Waals surface area contributed by atoms with Gasteiger partial charge in [0.15, 0.2) is 0 Å². The summed E-state index contributed by atoms with van der Waals surface area (Å²) in [7, 11) is 0. The Morgan fingerprint density at radius 2 is 1.76 bits per heavy atom. The highest BCUT2D eigenvalue weighted by molar-refractivity contribution is 5.92. The van der Waals surface area contributed by atoms with Crippen molar-refractivity contribution in [1.29, 1.82) is 0 Å². The highest BCUT2D eigenvalue weighted by Gasteiger charge is 2.42. The lowest BCUT2D eigenvalue weighted by atomic mass is 9.78. The maximum atomic E-state index is 12.4. The molecule has 5 nitrogen and oxygen atoms in total. The van der Waals surface area contributed by atoms with Gasteiger partial charge in [0.05, 0.1) is 0 Å². The predicted octanol–water partition coefficient (Wildman–Crippen LogP) is 1.56. The topological polar surface area (TPSA) is 53.5 Å². The summed E-state index contributed by atoms with van der Waals surface area (Å²) in [5.74, 6) is 0.186. The standard InChI is InChI=1S/C16H21N3O2/c1-13(20)18-9-5-16(6-10-18)7-11-19(12-16)15(21)14-4-2-3-8-17-14/h2-4,8H,5-7,9-12H2,1H3. The molecule has 2 fully saturated rings. The Morgan fingerprint density at radius 3 is 2.33 bits per heavy atom. The highest BCUT2D eigenvalue weighted by atomic mass is 16.2. The van der Waals surface area contributed by atoms with Gasteiger partial charge in [0.1, 0.15) is 5.69 Å². The van der Waals surface area contributed by atoms with Crippen LogP contribution in [0.5, 0.6) is 0 Å². The average Bonchev–Trinajstić information content (AvgIpc) is 2.92. The third kappa shape index (κ3) is 2.77. The fourth-order valence-corrected chi connectivity index (χ4v) is 3.46. The monoisotopic (exact) mass is 287 g/mol. The molecule has 2 saturated heterocycles. The minimum absolute atomic E-state index is 0.0291. The van der Waals surface area contributed by atoms with Gasteiger partial charge in [0.2, 0.25) is 5.91 Å². The number of pyridine rings is 1. The maximum Gasteiger partial charge on any atom is 0.272 e. The molecule has 112 valence electrons. The van der Waals surface area contributed by atoms with Crippen molar-refractivity contribution < 1.29 is 9.59 Å². The molecule has 3 heterocycles. The van der Waals surface area contributed by atoms with Crippen LogP contribution in [-0.4, -0.2) is 52.8 Å². The second-order valence-electron chi connectivity index (χ2n) is 6.20. The Kier molecular flexibility index (Phi) is 3.66. The number of piperidine rings is 1. The molecule has 2 amide bonds. The molecular weight excluding hydrogens is 266 g/mol. The van der Waals surface area contributed by atoms with Gasteiger partial charge in [-0.1, -0.05) is 6.07 Å². The van der Waals surface area contributed by atoms with E-state index in [0.29, 0.717) is 5.69 Å². The molecule has 0 N–H and O–H groups in total. The number of carbonyl (C=O) groups excluding carboxylic acids is 2. The number of rotatable bonds is 1. The van der Waals surface area contributed by atoms with E-state index < -0.39 is 0 Å². The molecule has 5 heteroatoms. The van der Waals surface area contributed by atoms with Crippen LogP contribution in [0.15, 0.2) is 24.4 Å². The van der Waals surface area contributed by atoms with Gasteiger partial charge in [-0.3, -0.25) is 14.6 Å². The van der Waals surface area contributed by atoms with E-state index >= 15 is 0 Å². The summed E-state index contributed by atoms with van der Waals surface area (Å²) >= 11 is 0. The van der Waals surface area contributed by atoms with Gasteiger partial charge in [0, 0.05) is 39.3 Å². The molecular formula is C16H21N3O2. The highest BCUT2D eigenvalue weighted by Crippen LogP contribution is 2.40. The zero-order chi connectivity index (χ0) is 14.9. The van der Waals surface area contributed by atoms with Crippen LogP contribution in [0.3, 0.4) is 0 Å². The lowest BCUT2D eigenvalue weighted by Crippen LogP contribution is -2.44. The summed E-state index contributed by atoms with van der Waals surface area (Å²) in [6.45, 7) is 4.87. The van der Waals surface area contributed by atoms with E-state index in [-0.39, 0.29) is 17.2 Å². The van der Waals surface area contributed by atoms with E-state index in [0.717, 1.165) is 45.4 Å². The summed E-state index contributed by atoms with van der Waals surface area (Å²) in [5.41, 5.74) is 0.729. The summed E-state index contributed by atoms with van der Waals surface area (Å²) in [6.07, 6.45) is 4.69. The van der Waals surface area contributed by atoms with Crippen LogP contribution in [0, 0.1) is 5.41 Å². The Labute approximate surface area is 124 Å². The van der Waals surface area contributed by atoms with E-state index in [1.165, 1.54) is 0 Å². The Balaban J connectivity index is 1.64. The number of amides is 2. The number of hydrogen-bond acceptors (Lipinski definition) is 3. The summed E-state index contributed by atoms with van der Waals surface area (Å²) in [5, 5.41) is 0. The van der Waals surface area contributed by atoms with Gasteiger partial charge in [0.25, 0.3) is 5.91 Å². The molecule has 1 aromatic heterocycles. The van der Waals surface area contributed by atoms with E-state index in [2.05, 4.69) is 4.98 Å². The number of hydrogen-bond donors (Lipinski definition) is 0. The van der Waals surface area contributed by atoms with E-state index in [4.69, 9.17) is 0 Å². The Morgan fingerprint density at radius 1 is 1.10 bits per heavy atom. The molecule has 0 radical (unpaired) electrons. The Bertz CT molecular complexity index is 536. The van der Waals surface area contributed by atoms with Crippen LogP contribution in [-0.2, 0) is 4.79 Å². The fourth-order valence-electron chi connectivity index (χ4n) is 3.46. The molecule has 2 aliphatic rings. The molecule has 0 aromatic carbocycles. The lowest BCUT2D eigenvalue weighted by Gasteiger charge is -2.38. The first-order valence-electron chi connectivity index (χ1n) is 7.56. The molecule has 1 aromatic rings. The predicted molar refractivity (Wildman–Crippen MR) is 78.7 cm³/mol. The van der Waals surface area contributed by atoms with Crippen molar-refractivity contribution in [2.24, 2.45) is 5.41 Å². The largest absolute Gasteiger partial charge is 0.343 e. The average molecular weight is 287 g/mol. The third-order valence-electron chi connectivity index (χ3n) is 4.88. The van der Waals surface area contributed by atoms with Crippen molar-refractivity contribution in [3.63, 3.8) is 0 Å². The minimum Gasteiger partial charge on any atom is -0.343 e. The van der Waals surface area contributed by atoms with Crippen molar-refractivity contribution in [3.05, 3.63) is 30.1 Å². The lowest BCUT2D eigenvalue weighted by molar-refractivity contribution is -0.131.